The molecule has 2 heterocycles. The fraction of sp³-hybridized carbons (Fsp3) is 0.429. The number of hydrogen-bond donors (Lipinski definition) is 0. The SMILES string of the molecule is CCc1cnc(OC2CCCN(C(=O)CCC(=O)c3ccccc3)C2)nc1. The third-order valence-corrected chi connectivity index (χ3v) is 4.75. The molecular formula is C21H25N3O3. The standard InChI is InChI=1S/C21H25N3O3/c1-2-16-13-22-21(23-14-16)27-18-9-6-12-24(15-18)20(26)11-10-19(25)17-7-4-3-5-8-17/h3-5,7-8,13-14,18H,2,6,9-12,15H2,1H3. The topological polar surface area (TPSA) is 72.4 Å². The number of amides is 1. The third kappa shape index (κ3) is 5.36. The summed E-state index contributed by atoms with van der Waals surface area (Å²) in [5.74, 6) is -0.00648. The van der Waals surface area contributed by atoms with Gasteiger partial charge in [-0.2, -0.15) is 0 Å². The summed E-state index contributed by atoms with van der Waals surface area (Å²) in [6.45, 7) is 3.26. The molecule has 0 bridgehead atoms. The van der Waals surface area contributed by atoms with Crippen LogP contribution in [0.25, 0.3) is 0 Å². The van der Waals surface area contributed by atoms with Crippen molar-refractivity contribution in [2.75, 3.05) is 13.1 Å². The minimum absolute atomic E-state index is 0.00169. The Balaban J connectivity index is 1.49. The van der Waals surface area contributed by atoms with Crippen LogP contribution in [0.5, 0.6) is 6.01 Å². The van der Waals surface area contributed by atoms with Gasteiger partial charge in [-0.05, 0) is 24.8 Å². The number of Topliss-reactive ketones (excluding diaryl/α,β-unsaturated/α-hetero) is 1. The zero-order valence-corrected chi connectivity index (χ0v) is 15.6. The van der Waals surface area contributed by atoms with Gasteiger partial charge in [-0.25, -0.2) is 9.97 Å². The Labute approximate surface area is 159 Å². The largest absolute Gasteiger partial charge is 0.458 e. The van der Waals surface area contributed by atoms with Gasteiger partial charge in [0.15, 0.2) is 5.78 Å². The summed E-state index contributed by atoms with van der Waals surface area (Å²) in [6, 6.07) is 9.44. The summed E-state index contributed by atoms with van der Waals surface area (Å²) < 4.78 is 5.85. The van der Waals surface area contributed by atoms with E-state index >= 15 is 0 Å². The predicted octanol–water partition coefficient (Wildman–Crippen LogP) is 3.07. The molecule has 0 N–H and O–H groups in total. The molecule has 1 atom stereocenters. The summed E-state index contributed by atoms with van der Waals surface area (Å²) in [5.41, 5.74) is 1.71. The molecule has 0 saturated carbocycles. The van der Waals surface area contributed by atoms with Gasteiger partial charge in [0, 0.05) is 37.3 Å². The van der Waals surface area contributed by atoms with Gasteiger partial charge in [-0.3, -0.25) is 9.59 Å². The van der Waals surface area contributed by atoms with E-state index in [1.165, 1.54) is 0 Å². The Bertz CT molecular complexity index is 762. The van der Waals surface area contributed by atoms with Crippen molar-refractivity contribution >= 4 is 11.7 Å². The number of ketones is 1. The third-order valence-electron chi connectivity index (χ3n) is 4.75. The van der Waals surface area contributed by atoms with E-state index in [1.54, 1.807) is 29.4 Å². The number of carbonyl (C=O) groups excluding carboxylic acids is 2. The summed E-state index contributed by atoms with van der Waals surface area (Å²) in [4.78, 5) is 34.9. The number of nitrogens with zero attached hydrogens (tertiary/aromatic N) is 3. The van der Waals surface area contributed by atoms with Crippen LogP contribution in [0.2, 0.25) is 0 Å². The summed E-state index contributed by atoms with van der Waals surface area (Å²) in [5, 5.41) is 0. The van der Waals surface area contributed by atoms with Crippen molar-refractivity contribution < 1.29 is 14.3 Å². The van der Waals surface area contributed by atoms with Gasteiger partial charge in [0.2, 0.25) is 5.91 Å². The summed E-state index contributed by atoms with van der Waals surface area (Å²) in [7, 11) is 0. The van der Waals surface area contributed by atoms with E-state index in [-0.39, 0.29) is 30.6 Å². The van der Waals surface area contributed by atoms with E-state index in [9.17, 15) is 9.59 Å². The van der Waals surface area contributed by atoms with Crippen molar-refractivity contribution in [1.82, 2.24) is 14.9 Å². The van der Waals surface area contributed by atoms with Gasteiger partial charge in [0.1, 0.15) is 6.10 Å². The van der Waals surface area contributed by atoms with Crippen LogP contribution < -0.4 is 4.74 Å². The number of piperidine rings is 1. The molecular weight excluding hydrogens is 342 g/mol. The van der Waals surface area contributed by atoms with Crippen molar-refractivity contribution in [2.24, 2.45) is 0 Å². The number of carbonyl (C=O) groups is 2. The molecule has 3 rings (SSSR count). The molecule has 0 radical (unpaired) electrons. The smallest absolute Gasteiger partial charge is 0.316 e. The number of rotatable bonds is 7. The first-order valence-electron chi connectivity index (χ1n) is 9.49. The Kier molecular flexibility index (Phi) is 6.52. The van der Waals surface area contributed by atoms with Crippen molar-refractivity contribution in [3.63, 3.8) is 0 Å². The molecule has 6 nitrogen and oxygen atoms in total. The fourth-order valence-electron chi connectivity index (χ4n) is 3.14. The van der Waals surface area contributed by atoms with Gasteiger partial charge in [-0.1, -0.05) is 37.3 Å². The van der Waals surface area contributed by atoms with Gasteiger partial charge in [0.25, 0.3) is 0 Å². The van der Waals surface area contributed by atoms with E-state index in [4.69, 9.17) is 4.74 Å². The highest BCUT2D eigenvalue weighted by Gasteiger charge is 2.25. The zero-order valence-electron chi connectivity index (χ0n) is 15.6. The van der Waals surface area contributed by atoms with E-state index in [1.807, 2.05) is 25.1 Å². The number of hydrogen-bond acceptors (Lipinski definition) is 5. The average Bonchev–Trinajstić information content (AvgIpc) is 2.73. The molecule has 2 aromatic rings. The summed E-state index contributed by atoms with van der Waals surface area (Å²) >= 11 is 0. The highest BCUT2D eigenvalue weighted by atomic mass is 16.5. The molecule has 1 aromatic carbocycles. The van der Waals surface area contributed by atoms with Crippen LogP contribution in [-0.4, -0.2) is 45.8 Å². The van der Waals surface area contributed by atoms with E-state index < -0.39 is 0 Å². The van der Waals surface area contributed by atoms with Crippen LogP contribution in [0, 0.1) is 0 Å². The van der Waals surface area contributed by atoms with Gasteiger partial charge in [0.05, 0.1) is 6.54 Å². The predicted molar refractivity (Wildman–Crippen MR) is 102 cm³/mol. The normalized spacial score (nSPS) is 16.8. The number of ether oxygens (including phenoxy) is 1. The molecule has 1 aromatic heterocycles. The number of likely N-dealkylation sites (tertiary alicyclic amines) is 1. The Hall–Kier alpha value is -2.76. The van der Waals surface area contributed by atoms with Crippen molar-refractivity contribution in [3.05, 3.63) is 53.9 Å². The van der Waals surface area contributed by atoms with Crippen molar-refractivity contribution in [3.8, 4) is 6.01 Å². The molecule has 1 fully saturated rings. The minimum atomic E-state index is -0.111. The number of aryl methyl sites for hydroxylation is 1. The quantitative estimate of drug-likeness (QED) is 0.703. The molecule has 1 unspecified atom stereocenters. The minimum Gasteiger partial charge on any atom is -0.458 e. The van der Waals surface area contributed by atoms with Crippen LogP contribution in [0.1, 0.15) is 48.5 Å². The number of aromatic nitrogens is 2. The Morgan fingerprint density at radius 2 is 1.89 bits per heavy atom. The van der Waals surface area contributed by atoms with Crippen LogP contribution in [0.3, 0.4) is 0 Å². The van der Waals surface area contributed by atoms with Crippen molar-refractivity contribution in [1.29, 1.82) is 0 Å². The number of benzene rings is 1. The highest BCUT2D eigenvalue weighted by molar-refractivity contribution is 5.97. The van der Waals surface area contributed by atoms with E-state index in [2.05, 4.69) is 9.97 Å². The molecule has 0 spiro atoms. The lowest BCUT2D eigenvalue weighted by atomic mass is 10.0. The first kappa shape index (κ1) is 19.0. The van der Waals surface area contributed by atoms with Gasteiger partial charge in [-0.15, -0.1) is 0 Å². The van der Waals surface area contributed by atoms with Crippen LogP contribution in [0.15, 0.2) is 42.7 Å². The molecule has 1 amide bonds. The maximum atomic E-state index is 12.5. The lowest BCUT2D eigenvalue weighted by molar-refractivity contribution is -0.133. The second kappa shape index (κ2) is 9.26. The maximum absolute atomic E-state index is 12.5. The van der Waals surface area contributed by atoms with Crippen LogP contribution >= 0.6 is 0 Å². The molecule has 0 aliphatic carbocycles. The lowest BCUT2D eigenvalue weighted by Gasteiger charge is -2.32. The average molecular weight is 367 g/mol. The van der Waals surface area contributed by atoms with Gasteiger partial charge >= 0.3 is 6.01 Å². The maximum Gasteiger partial charge on any atom is 0.316 e. The molecule has 6 heteroatoms. The van der Waals surface area contributed by atoms with Crippen LogP contribution in [0.4, 0.5) is 0 Å². The molecule has 1 aliphatic heterocycles. The van der Waals surface area contributed by atoms with E-state index in [0.717, 1.165) is 24.8 Å². The first-order chi connectivity index (χ1) is 13.2. The molecule has 1 saturated heterocycles. The fourth-order valence-corrected chi connectivity index (χ4v) is 3.14. The Morgan fingerprint density at radius 3 is 2.59 bits per heavy atom. The first-order valence-corrected chi connectivity index (χ1v) is 9.49. The summed E-state index contributed by atoms with van der Waals surface area (Å²) in [6.07, 6.45) is 6.50. The van der Waals surface area contributed by atoms with Crippen LogP contribution in [-0.2, 0) is 11.2 Å². The second-order valence-corrected chi connectivity index (χ2v) is 6.74. The van der Waals surface area contributed by atoms with Crippen molar-refractivity contribution in [2.45, 2.75) is 45.1 Å². The molecule has 142 valence electrons. The van der Waals surface area contributed by atoms with E-state index in [0.29, 0.717) is 24.7 Å². The van der Waals surface area contributed by atoms with Gasteiger partial charge < -0.3 is 9.64 Å². The highest BCUT2D eigenvalue weighted by Crippen LogP contribution is 2.17. The monoisotopic (exact) mass is 367 g/mol. The molecule has 1 aliphatic rings. The Morgan fingerprint density at radius 1 is 1.15 bits per heavy atom. The lowest BCUT2D eigenvalue weighted by Crippen LogP contribution is -2.44. The molecule has 27 heavy (non-hydrogen) atoms. The zero-order chi connectivity index (χ0) is 19.1. The second-order valence-electron chi connectivity index (χ2n) is 6.74.